The van der Waals surface area contributed by atoms with Crippen molar-refractivity contribution in [1.82, 2.24) is 10.2 Å². The van der Waals surface area contributed by atoms with Gasteiger partial charge in [-0.05, 0) is 107 Å². The normalized spacial score (nSPS) is 12.3. The van der Waals surface area contributed by atoms with E-state index in [0.29, 0.717) is 22.9 Å². The van der Waals surface area contributed by atoms with Crippen molar-refractivity contribution < 1.29 is 9.15 Å². The van der Waals surface area contributed by atoms with E-state index in [4.69, 9.17) is 15.6 Å². The highest BCUT2D eigenvalue weighted by molar-refractivity contribution is 5.82. The van der Waals surface area contributed by atoms with Crippen LogP contribution in [0.3, 0.4) is 0 Å². The smallest absolute Gasteiger partial charge is 0.249 e. The van der Waals surface area contributed by atoms with E-state index in [1.54, 1.807) is 0 Å². The molecule has 0 aliphatic heterocycles. The Morgan fingerprint density at radius 3 is 1.72 bits per heavy atom. The van der Waals surface area contributed by atoms with Crippen LogP contribution in [0.1, 0.15) is 177 Å². The molecule has 0 saturated carbocycles. The summed E-state index contributed by atoms with van der Waals surface area (Å²) in [5, 5.41) is 8.80. The van der Waals surface area contributed by atoms with Crippen molar-refractivity contribution in [3.63, 3.8) is 0 Å². The maximum absolute atomic E-state index is 6.22. The minimum absolute atomic E-state index is 0.0135. The van der Waals surface area contributed by atoms with Gasteiger partial charge in [-0.1, -0.05) is 202 Å². The first kappa shape index (κ1) is 47.1. The number of aromatic nitrogens is 2. The summed E-state index contributed by atoms with van der Waals surface area (Å²) in [7, 11) is 0. The Kier molecular flexibility index (Phi) is 17.7. The molecule has 0 saturated heterocycles. The lowest BCUT2D eigenvalue weighted by molar-refractivity contribution is 0.304. The molecule has 1 heterocycles. The second-order valence-electron chi connectivity index (χ2n) is 18.2. The van der Waals surface area contributed by atoms with E-state index in [-0.39, 0.29) is 5.41 Å². The van der Waals surface area contributed by atoms with Crippen LogP contribution < -0.4 is 4.74 Å². The molecular weight excluding hydrogens is 793 g/mol. The van der Waals surface area contributed by atoms with Crippen molar-refractivity contribution in [2.75, 3.05) is 6.61 Å². The molecule has 4 heteroatoms. The largest absolute Gasteiger partial charge is 0.494 e. The zero-order valence-corrected chi connectivity index (χ0v) is 39.5. The maximum Gasteiger partial charge on any atom is 0.249 e. The maximum atomic E-state index is 6.22. The van der Waals surface area contributed by atoms with Gasteiger partial charge < -0.3 is 9.15 Å². The number of unbranched alkanes of at least 4 members (excludes halogenated alkanes) is 15. The van der Waals surface area contributed by atoms with Crippen molar-refractivity contribution >= 4 is 0 Å². The molecular formula is C61H70N2O2. The fraction of sp³-hybridized carbons (Fsp3) is 0.410. The van der Waals surface area contributed by atoms with Crippen LogP contribution in [0.25, 0.3) is 45.2 Å². The van der Waals surface area contributed by atoms with Gasteiger partial charge in [-0.15, -0.1) is 16.6 Å². The third kappa shape index (κ3) is 12.5. The predicted molar refractivity (Wildman–Crippen MR) is 272 cm³/mol. The van der Waals surface area contributed by atoms with Gasteiger partial charge in [0.15, 0.2) is 0 Å². The summed E-state index contributed by atoms with van der Waals surface area (Å²) >= 11 is 0. The molecule has 0 bridgehead atoms. The lowest BCUT2D eigenvalue weighted by atomic mass is 9.70. The van der Waals surface area contributed by atoms with Crippen molar-refractivity contribution in [3.8, 4) is 75.1 Å². The van der Waals surface area contributed by atoms with E-state index in [1.807, 2.05) is 42.5 Å². The molecule has 8 rings (SSSR count). The number of hydrogen-bond acceptors (Lipinski definition) is 4. The topological polar surface area (TPSA) is 48.2 Å². The van der Waals surface area contributed by atoms with E-state index in [0.717, 1.165) is 35.5 Å². The molecule has 0 radical (unpaired) electrons. The quantitative estimate of drug-likeness (QED) is 0.0449. The molecule has 3 aliphatic rings. The average Bonchev–Trinajstić information content (AvgIpc) is 3.61. The van der Waals surface area contributed by atoms with Crippen LogP contribution in [0.4, 0.5) is 0 Å². The fourth-order valence-electron chi connectivity index (χ4n) is 9.63. The Bertz CT molecular complexity index is 2490. The standard InChI is InChI=1S/C55H66N2O2.C6H4/c1-5-9-12-15-18-23-39-55(40-24-19-16-13-10-6-2)51-30-22-21-28-48(51)49-38-32-43(42-52(49)55)31-33-44-27-26-29-50(47(44)8-4)54-57-56-53(59-54)45-34-36-46(37-35-45)58-41-25-20-17-14-11-7-3;1-2-5-4-6(5)3-1/h4,21-22,26-30,32,34-38,42H,5-7,9-20,23-25,39-41H2,1-3H3;1-4H. The molecule has 0 spiro atoms. The van der Waals surface area contributed by atoms with E-state index in [2.05, 4.69) is 115 Å². The van der Waals surface area contributed by atoms with E-state index in [9.17, 15) is 0 Å². The average molecular weight is 863 g/mol. The Balaban J connectivity index is 0.000000957. The first-order valence-electron chi connectivity index (χ1n) is 25.1. The third-order valence-corrected chi connectivity index (χ3v) is 13.4. The van der Waals surface area contributed by atoms with Gasteiger partial charge in [0.25, 0.3) is 0 Å². The molecule has 0 N–H and O–H groups in total. The van der Waals surface area contributed by atoms with Crippen molar-refractivity contribution in [2.24, 2.45) is 0 Å². The lowest BCUT2D eigenvalue weighted by Crippen LogP contribution is -2.25. The van der Waals surface area contributed by atoms with E-state index < -0.39 is 0 Å². The fourth-order valence-corrected chi connectivity index (χ4v) is 9.63. The van der Waals surface area contributed by atoms with Crippen LogP contribution in [-0.4, -0.2) is 16.8 Å². The molecule has 336 valence electrons. The summed E-state index contributed by atoms with van der Waals surface area (Å²) in [4.78, 5) is 0. The second-order valence-corrected chi connectivity index (χ2v) is 18.2. The predicted octanol–water partition coefficient (Wildman–Crippen LogP) is 17.0. The first-order chi connectivity index (χ1) is 32.1. The number of rotatable bonds is 24. The Morgan fingerprint density at radius 2 is 1.09 bits per heavy atom. The summed E-state index contributed by atoms with van der Waals surface area (Å²) in [6.07, 6.45) is 31.6. The molecule has 0 amide bonds. The summed E-state index contributed by atoms with van der Waals surface area (Å²) in [5.74, 6) is 11.5. The number of ether oxygens (including phenoxy) is 1. The lowest BCUT2D eigenvalue weighted by Gasteiger charge is -2.33. The van der Waals surface area contributed by atoms with Gasteiger partial charge in [0.2, 0.25) is 11.8 Å². The van der Waals surface area contributed by atoms with Crippen LogP contribution >= 0.6 is 0 Å². The molecule has 0 fully saturated rings. The van der Waals surface area contributed by atoms with Gasteiger partial charge in [-0.3, -0.25) is 0 Å². The Hall–Kier alpha value is -5.84. The summed E-state index contributed by atoms with van der Waals surface area (Å²) in [5.41, 5.74) is 12.6. The molecule has 0 unspecified atom stereocenters. The highest BCUT2D eigenvalue weighted by atomic mass is 16.5. The number of fused-ring (bicyclic) bond motifs is 4. The number of hydrogen-bond donors (Lipinski definition) is 0. The van der Waals surface area contributed by atoms with Gasteiger partial charge in [-0.25, -0.2) is 0 Å². The summed E-state index contributed by atoms with van der Waals surface area (Å²) in [6, 6.07) is 38.3. The third-order valence-electron chi connectivity index (χ3n) is 13.4. The number of nitrogens with zero attached hydrogens (tertiary/aromatic N) is 2. The molecule has 1 aromatic heterocycles. The van der Waals surface area contributed by atoms with E-state index in [1.165, 1.54) is 155 Å². The van der Waals surface area contributed by atoms with Crippen molar-refractivity contribution in [2.45, 2.75) is 155 Å². The Labute approximate surface area is 391 Å². The molecule has 0 atom stereocenters. The summed E-state index contributed by atoms with van der Waals surface area (Å²) in [6.45, 7) is 7.56. The first-order valence-corrected chi connectivity index (χ1v) is 25.1. The molecule has 65 heavy (non-hydrogen) atoms. The molecule has 4 aromatic carbocycles. The molecule has 3 aliphatic carbocycles. The van der Waals surface area contributed by atoms with Gasteiger partial charge >= 0.3 is 0 Å². The van der Waals surface area contributed by atoms with Crippen LogP contribution in [0.5, 0.6) is 5.75 Å². The number of benzene rings is 5. The van der Waals surface area contributed by atoms with Crippen molar-refractivity contribution in [1.29, 1.82) is 0 Å². The van der Waals surface area contributed by atoms with Crippen LogP contribution in [-0.2, 0) is 5.41 Å². The van der Waals surface area contributed by atoms with Gasteiger partial charge in [-0.2, -0.15) is 0 Å². The zero-order chi connectivity index (χ0) is 45.1. The van der Waals surface area contributed by atoms with Gasteiger partial charge in [0.1, 0.15) is 5.75 Å². The highest BCUT2D eigenvalue weighted by Crippen LogP contribution is 2.54. The van der Waals surface area contributed by atoms with Gasteiger partial charge in [0.05, 0.1) is 17.7 Å². The van der Waals surface area contributed by atoms with E-state index >= 15 is 0 Å². The molecule has 5 aromatic rings. The van der Waals surface area contributed by atoms with Gasteiger partial charge in [0, 0.05) is 22.1 Å². The monoisotopic (exact) mass is 863 g/mol. The second kappa shape index (κ2) is 24.4. The molecule has 4 nitrogen and oxygen atoms in total. The zero-order valence-electron chi connectivity index (χ0n) is 39.5. The van der Waals surface area contributed by atoms with Crippen molar-refractivity contribution in [3.05, 3.63) is 137 Å². The minimum Gasteiger partial charge on any atom is -0.494 e. The highest BCUT2D eigenvalue weighted by Gasteiger charge is 2.42. The Morgan fingerprint density at radius 1 is 0.508 bits per heavy atom. The summed E-state index contributed by atoms with van der Waals surface area (Å²) < 4.78 is 12.2. The SMILES string of the molecule is C#Cc1c(C#Cc2ccc3c(c2)C(CCCCCCCC)(CCCCCCCC)c2ccccc2-3)cccc1-c1nnc(-c2ccc(OCCCCCCCC)cc2)o1.c1cc2cc-2c1. The van der Waals surface area contributed by atoms with Crippen LogP contribution in [0.2, 0.25) is 0 Å². The number of terminal acetylenes is 1. The van der Waals surface area contributed by atoms with Crippen LogP contribution in [0.15, 0.2) is 114 Å². The van der Waals surface area contributed by atoms with Crippen LogP contribution in [0, 0.1) is 24.2 Å². The minimum atomic E-state index is 0.0135.